The molecular weight excluding hydrogens is 292 g/mol. The van der Waals surface area contributed by atoms with Crippen LogP contribution in [0.4, 0.5) is 0 Å². The lowest BCUT2D eigenvalue weighted by Gasteiger charge is -2.37. The highest BCUT2D eigenvalue weighted by atomic mass is 32.2. The fraction of sp³-hybridized carbons (Fsp3) is 0.571. The summed E-state index contributed by atoms with van der Waals surface area (Å²) in [6.07, 6.45) is 2.57. The molecule has 0 amide bonds. The Balaban J connectivity index is 1.79. The smallest absolute Gasteiger partial charge is 0.354 e. The highest BCUT2D eigenvalue weighted by Crippen LogP contribution is 2.34. The maximum absolute atomic E-state index is 12.1. The lowest BCUT2D eigenvalue weighted by Crippen LogP contribution is -2.51. The number of fused-ring (bicyclic) bond motifs is 1. The number of hydrogen-bond donors (Lipinski definition) is 1. The summed E-state index contributed by atoms with van der Waals surface area (Å²) in [5, 5.41) is 8.72. The van der Waals surface area contributed by atoms with E-state index in [0.29, 0.717) is 18.8 Å². The molecule has 2 heterocycles. The number of hydrogen-bond acceptors (Lipinski definition) is 5. The molecule has 0 radical (unpaired) electrons. The van der Waals surface area contributed by atoms with Crippen molar-refractivity contribution >= 4 is 15.8 Å². The largest absolute Gasteiger partial charge is 0.477 e. The maximum Gasteiger partial charge on any atom is 0.354 e. The van der Waals surface area contributed by atoms with Gasteiger partial charge >= 0.3 is 5.97 Å². The molecule has 2 atom stereocenters. The van der Waals surface area contributed by atoms with Crippen molar-refractivity contribution in [2.75, 3.05) is 12.3 Å². The van der Waals surface area contributed by atoms with Gasteiger partial charge in [-0.3, -0.25) is 4.90 Å². The molecule has 0 bridgehead atoms. The molecule has 6 nitrogen and oxygen atoms in total. The molecule has 3 rings (SSSR count). The third-order valence-electron chi connectivity index (χ3n) is 4.40. The molecule has 1 aromatic rings. The van der Waals surface area contributed by atoms with Crippen LogP contribution in [0.3, 0.4) is 0 Å². The molecule has 7 heteroatoms. The van der Waals surface area contributed by atoms with Crippen molar-refractivity contribution in [3.8, 4) is 0 Å². The number of carbonyl (C=O) groups is 1. The van der Waals surface area contributed by atoms with Crippen molar-refractivity contribution in [2.45, 2.75) is 37.1 Å². The summed E-state index contributed by atoms with van der Waals surface area (Å²) in [5.74, 6) is -0.857. The predicted molar refractivity (Wildman–Crippen MR) is 76.8 cm³/mol. The van der Waals surface area contributed by atoms with Crippen LogP contribution in [0.25, 0.3) is 0 Å². The number of carboxylic acid groups (broad SMARTS) is 1. The summed E-state index contributed by atoms with van der Waals surface area (Å²) in [5.41, 5.74) is 0.708. The van der Waals surface area contributed by atoms with E-state index >= 15 is 0 Å². The summed E-state index contributed by atoms with van der Waals surface area (Å²) < 4.78 is 24.2. The molecule has 114 valence electrons. The van der Waals surface area contributed by atoms with E-state index in [1.165, 1.54) is 6.07 Å². The second-order valence-electron chi connectivity index (χ2n) is 5.69. The molecule has 2 aliphatic rings. The van der Waals surface area contributed by atoms with Crippen molar-refractivity contribution < 1.29 is 18.3 Å². The molecule has 1 N–H and O–H groups in total. The van der Waals surface area contributed by atoms with E-state index in [0.717, 1.165) is 19.3 Å². The molecule has 1 aliphatic carbocycles. The van der Waals surface area contributed by atoms with Gasteiger partial charge in [-0.15, -0.1) is 0 Å². The van der Waals surface area contributed by atoms with E-state index in [9.17, 15) is 13.2 Å². The predicted octanol–water partition coefficient (Wildman–Crippen LogP) is 0.931. The molecule has 2 fully saturated rings. The van der Waals surface area contributed by atoms with E-state index in [2.05, 4.69) is 9.88 Å². The number of pyridine rings is 1. The van der Waals surface area contributed by atoms with Gasteiger partial charge in [-0.25, -0.2) is 18.2 Å². The minimum Gasteiger partial charge on any atom is -0.477 e. The summed E-state index contributed by atoms with van der Waals surface area (Å²) in [4.78, 5) is 17.2. The zero-order valence-electron chi connectivity index (χ0n) is 11.6. The maximum atomic E-state index is 12.1. The normalized spacial score (nSPS) is 28.2. The van der Waals surface area contributed by atoms with Gasteiger partial charge in [0.1, 0.15) is 5.69 Å². The fourth-order valence-corrected chi connectivity index (χ4v) is 5.50. The van der Waals surface area contributed by atoms with Crippen molar-refractivity contribution in [3.63, 3.8) is 0 Å². The third kappa shape index (κ3) is 2.80. The van der Waals surface area contributed by atoms with Gasteiger partial charge in [0.25, 0.3) is 0 Å². The molecule has 21 heavy (non-hydrogen) atoms. The van der Waals surface area contributed by atoms with Crippen LogP contribution in [0.2, 0.25) is 0 Å². The molecule has 0 spiro atoms. The highest BCUT2D eigenvalue weighted by molar-refractivity contribution is 7.92. The number of carboxylic acids is 1. The van der Waals surface area contributed by atoms with Crippen molar-refractivity contribution in [1.82, 2.24) is 9.88 Å². The van der Waals surface area contributed by atoms with Crippen LogP contribution in [0.15, 0.2) is 18.2 Å². The summed E-state index contributed by atoms with van der Waals surface area (Å²) in [6.45, 7) is 1.01. The number of aromatic carboxylic acids is 1. The summed E-state index contributed by atoms with van der Waals surface area (Å²) in [6, 6.07) is 4.99. The molecule has 1 saturated carbocycles. The first-order valence-corrected chi connectivity index (χ1v) is 8.84. The van der Waals surface area contributed by atoms with E-state index < -0.39 is 15.8 Å². The standard InChI is InChI=1S/C14H18N2O4S/c17-14(18)11-4-1-3-10(15-11)9-16-7-8-21(19,20)13-6-2-5-12(13)16/h1,3-4,12-13H,2,5-9H2,(H,17,18). The second kappa shape index (κ2) is 5.38. The summed E-state index contributed by atoms with van der Waals surface area (Å²) >= 11 is 0. The van der Waals surface area contributed by atoms with Gasteiger partial charge in [0, 0.05) is 19.1 Å². The van der Waals surface area contributed by atoms with Crippen LogP contribution in [0.5, 0.6) is 0 Å². The Labute approximate surface area is 123 Å². The first-order chi connectivity index (χ1) is 9.97. The zero-order chi connectivity index (χ0) is 15.0. The minimum absolute atomic E-state index is 0.0279. The second-order valence-corrected chi connectivity index (χ2v) is 8.03. The monoisotopic (exact) mass is 310 g/mol. The average Bonchev–Trinajstić information content (AvgIpc) is 2.93. The molecule has 0 aromatic carbocycles. The summed E-state index contributed by atoms with van der Waals surface area (Å²) in [7, 11) is -2.96. The van der Waals surface area contributed by atoms with E-state index in [-0.39, 0.29) is 22.7 Å². The number of sulfone groups is 1. The first-order valence-electron chi connectivity index (χ1n) is 7.12. The molecular formula is C14H18N2O4S. The van der Waals surface area contributed by atoms with Crippen LogP contribution >= 0.6 is 0 Å². The Morgan fingerprint density at radius 2 is 2.19 bits per heavy atom. The van der Waals surface area contributed by atoms with Crippen molar-refractivity contribution in [1.29, 1.82) is 0 Å². The SMILES string of the molecule is O=C(O)c1cccc(CN2CCS(=O)(=O)C3CCCC32)n1. The lowest BCUT2D eigenvalue weighted by molar-refractivity contribution is 0.0689. The quantitative estimate of drug-likeness (QED) is 0.893. The number of aromatic nitrogens is 1. The fourth-order valence-electron chi connectivity index (χ4n) is 3.40. The number of rotatable bonds is 3. The van der Waals surface area contributed by atoms with Crippen LogP contribution in [-0.4, -0.2) is 53.0 Å². The Morgan fingerprint density at radius 3 is 2.95 bits per heavy atom. The van der Waals surface area contributed by atoms with Crippen LogP contribution in [0, 0.1) is 0 Å². The van der Waals surface area contributed by atoms with Crippen LogP contribution in [-0.2, 0) is 16.4 Å². The molecule has 1 saturated heterocycles. The van der Waals surface area contributed by atoms with Gasteiger partial charge in [-0.2, -0.15) is 0 Å². The third-order valence-corrected chi connectivity index (χ3v) is 6.63. The van der Waals surface area contributed by atoms with E-state index in [4.69, 9.17) is 5.11 Å². The Hall–Kier alpha value is -1.47. The van der Waals surface area contributed by atoms with Gasteiger partial charge in [-0.1, -0.05) is 12.5 Å². The van der Waals surface area contributed by atoms with Crippen LogP contribution < -0.4 is 0 Å². The minimum atomic E-state index is -2.96. The van der Waals surface area contributed by atoms with E-state index in [1.807, 2.05) is 0 Å². The lowest BCUT2D eigenvalue weighted by atomic mass is 10.2. The van der Waals surface area contributed by atoms with Crippen molar-refractivity contribution in [3.05, 3.63) is 29.6 Å². The highest BCUT2D eigenvalue weighted by Gasteiger charge is 2.44. The average molecular weight is 310 g/mol. The van der Waals surface area contributed by atoms with Gasteiger partial charge in [-0.05, 0) is 25.0 Å². The zero-order valence-corrected chi connectivity index (χ0v) is 12.4. The topological polar surface area (TPSA) is 87.6 Å². The molecule has 1 aliphatic heterocycles. The van der Waals surface area contributed by atoms with Crippen LogP contribution in [0.1, 0.15) is 35.4 Å². The van der Waals surface area contributed by atoms with Gasteiger partial charge in [0.15, 0.2) is 9.84 Å². The van der Waals surface area contributed by atoms with Gasteiger partial charge < -0.3 is 5.11 Å². The Bertz CT molecular complexity index is 659. The van der Waals surface area contributed by atoms with Gasteiger partial charge in [0.2, 0.25) is 0 Å². The Morgan fingerprint density at radius 1 is 1.38 bits per heavy atom. The van der Waals surface area contributed by atoms with E-state index in [1.54, 1.807) is 12.1 Å². The number of nitrogens with zero attached hydrogens (tertiary/aromatic N) is 2. The molecule has 2 unspecified atom stereocenters. The van der Waals surface area contributed by atoms with Crippen molar-refractivity contribution in [2.24, 2.45) is 0 Å². The first kappa shape index (κ1) is 14.5. The van der Waals surface area contributed by atoms with Gasteiger partial charge in [0.05, 0.1) is 16.7 Å². The Kier molecular flexibility index (Phi) is 3.71. The molecule has 1 aromatic heterocycles.